The Hall–Kier alpha value is -4.58. The number of amides is 3. The van der Waals surface area contributed by atoms with E-state index in [-0.39, 0.29) is 11.9 Å². The van der Waals surface area contributed by atoms with Gasteiger partial charge in [-0.3, -0.25) is 9.69 Å². The molecule has 0 aromatic heterocycles. The van der Waals surface area contributed by atoms with Gasteiger partial charge in [-0.1, -0.05) is 66.2 Å². The maximum absolute atomic E-state index is 13.2. The SMILES string of the molecule is Cc1ccc(NC(=O)N(CCNC(=O)Cc2ccccc2)c2ccc(Oc3ccccc3)cc2)cc1. The van der Waals surface area contributed by atoms with Gasteiger partial charge < -0.3 is 15.4 Å². The predicted octanol–water partition coefficient (Wildman–Crippen LogP) is 6.18. The van der Waals surface area contributed by atoms with Crippen molar-refractivity contribution >= 4 is 23.3 Å². The largest absolute Gasteiger partial charge is 0.457 e. The van der Waals surface area contributed by atoms with E-state index in [0.717, 1.165) is 16.9 Å². The van der Waals surface area contributed by atoms with Crippen molar-refractivity contribution in [1.29, 1.82) is 0 Å². The molecule has 0 aliphatic rings. The van der Waals surface area contributed by atoms with Gasteiger partial charge in [0, 0.05) is 24.5 Å². The van der Waals surface area contributed by atoms with Gasteiger partial charge in [0.15, 0.2) is 0 Å². The van der Waals surface area contributed by atoms with Gasteiger partial charge in [-0.15, -0.1) is 0 Å². The Morgan fingerprint density at radius 1 is 0.750 bits per heavy atom. The zero-order chi connectivity index (χ0) is 25.2. The number of aryl methyl sites for hydroxylation is 1. The lowest BCUT2D eigenvalue weighted by atomic mass is 10.1. The van der Waals surface area contributed by atoms with E-state index in [2.05, 4.69) is 10.6 Å². The zero-order valence-corrected chi connectivity index (χ0v) is 20.2. The maximum Gasteiger partial charge on any atom is 0.326 e. The number of carbonyl (C=O) groups is 2. The lowest BCUT2D eigenvalue weighted by molar-refractivity contribution is -0.120. The summed E-state index contributed by atoms with van der Waals surface area (Å²) >= 11 is 0. The monoisotopic (exact) mass is 479 g/mol. The van der Waals surface area contributed by atoms with Gasteiger partial charge in [0.2, 0.25) is 5.91 Å². The summed E-state index contributed by atoms with van der Waals surface area (Å²) in [7, 11) is 0. The van der Waals surface area contributed by atoms with Gasteiger partial charge in [0.25, 0.3) is 0 Å². The second kappa shape index (κ2) is 12.2. The molecule has 6 heteroatoms. The van der Waals surface area contributed by atoms with E-state index in [0.29, 0.717) is 36.6 Å². The van der Waals surface area contributed by atoms with Crippen LogP contribution in [0.1, 0.15) is 11.1 Å². The highest BCUT2D eigenvalue weighted by Gasteiger charge is 2.17. The van der Waals surface area contributed by atoms with E-state index < -0.39 is 0 Å². The van der Waals surface area contributed by atoms with Crippen LogP contribution in [0.5, 0.6) is 11.5 Å². The average Bonchev–Trinajstić information content (AvgIpc) is 2.90. The first-order chi connectivity index (χ1) is 17.6. The maximum atomic E-state index is 13.2. The molecule has 0 saturated heterocycles. The zero-order valence-electron chi connectivity index (χ0n) is 20.2. The Bertz CT molecular complexity index is 1260. The summed E-state index contributed by atoms with van der Waals surface area (Å²) in [5, 5.41) is 5.86. The second-order valence-electron chi connectivity index (χ2n) is 8.37. The molecule has 4 rings (SSSR count). The predicted molar refractivity (Wildman–Crippen MR) is 144 cm³/mol. The first-order valence-electron chi connectivity index (χ1n) is 11.9. The summed E-state index contributed by atoms with van der Waals surface area (Å²) < 4.78 is 5.87. The molecule has 182 valence electrons. The summed E-state index contributed by atoms with van der Waals surface area (Å²) in [6.45, 7) is 2.61. The molecule has 4 aromatic carbocycles. The molecule has 0 aliphatic carbocycles. The van der Waals surface area contributed by atoms with Crippen LogP contribution in [0.25, 0.3) is 0 Å². The summed E-state index contributed by atoms with van der Waals surface area (Å²) in [4.78, 5) is 27.2. The third kappa shape index (κ3) is 7.21. The van der Waals surface area contributed by atoms with Gasteiger partial charge in [0.05, 0.1) is 6.42 Å². The molecular weight excluding hydrogens is 450 g/mol. The van der Waals surface area contributed by atoms with Gasteiger partial charge in [0.1, 0.15) is 11.5 Å². The fourth-order valence-electron chi connectivity index (χ4n) is 3.65. The molecule has 0 heterocycles. The highest BCUT2D eigenvalue weighted by Crippen LogP contribution is 2.25. The highest BCUT2D eigenvalue weighted by molar-refractivity contribution is 6.01. The van der Waals surface area contributed by atoms with Crippen LogP contribution in [0, 0.1) is 6.92 Å². The van der Waals surface area contributed by atoms with Crippen molar-refractivity contribution in [3.63, 3.8) is 0 Å². The van der Waals surface area contributed by atoms with Gasteiger partial charge in [-0.2, -0.15) is 0 Å². The van der Waals surface area contributed by atoms with Crippen molar-refractivity contribution in [2.45, 2.75) is 13.3 Å². The second-order valence-corrected chi connectivity index (χ2v) is 8.37. The quantitative estimate of drug-likeness (QED) is 0.301. The molecule has 0 aliphatic heterocycles. The van der Waals surface area contributed by atoms with E-state index >= 15 is 0 Å². The summed E-state index contributed by atoms with van der Waals surface area (Å²) in [5.74, 6) is 1.31. The van der Waals surface area contributed by atoms with Crippen LogP contribution in [0.2, 0.25) is 0 Å². The third-order valence-electron chi connectivity index (χ3n) is 5.54. The first kappa shape index (κ1) is 24.5. The number of hydrogen-bond donors (Lipinski definition) is 2. The van der Waals surface area contributed by atoms with E-state index in [1.54, 1.807) is 4.90 Å². The molecule has 0 unspecified atom stereocenters. The number of carbonyl (C=O) groups excluding carboxylic acids is 2. The normalized spacial score (nSPS) is 10.4. The summed E-state index contributed by atoms with van der Waals surface area (Å²) in [6, 6.07) is 33.7. The molecule has 6 nitrogen and oxygen atoms in total. The molecule has 2 N–H and O–H groups in total. The third-order valence-corrected chi connectivity index (χ3v) is 5.54. The van der Waals surface area contributed by atoms with Crippen LogP contribution in [-0.4, -0.2) is 25.0 Å². The van der Waals surface area contributed by atoms with Crippen molar-refractivity contribution in [2.24, 2.45) is 0 Å². The Kier molecular flexibility index (Phi) is 8.33. The number of para-hydroxylation sites is 1. The smallest absolute Gasteiger partial charge is 0.326 e. The number of nitrogens with zero attached hydrogens (tertiary/aromatic N) is 1. The van der Waals surface area contributed by atoms with Gasteiger partial charge in [-0.25, -0.2) is 4.79 Å². The fourth-order valence-corrected chi connectivity index (χ4v) is 3.65. The minimum atomic E-state index is -0.284. The Morgan fingerprint density at radius 2 is 1.36 bits per heavy atom. The molecule has 0 atom stereocenters. The molecule has 0 bridgehead atoms. The van der Waals surface area contributed by atoms with Crippen molar-refractivity contribution in [3.8, 4) is 11.5 Å². The fraction of sp³-hybridized carbons (Fsp3) is 0.133. The molecule has 3 amide bonds. The standard InChI is InChI=1S/C30H29N3O3/c1-23-12-14-25(15-13-23)32-30(35)33(21-20-31-29(34)22-24-8-4-2-5-9-24)26-16-18-28(19-17-26)36-27-10-6-3-7-11-27/h2-19H,20-22H2,1H3,(H,31,34)(H,32,35). The summed E-state index contributed by atoms with van der Waals surface area (Å²) in [6.07, 6.45) is 0.294. The Morgan fingerprint density at radius 3 is 2.03 bits per heavy atom. The minimum Gasteiger partial charge on any atom is -0.457 e. The lowest BCUT2D eigenvalue weighted by Crippen LogP contribution is -2.41. The van der Waals surface area contributed by atoms with Crippen molar-refractivity contribution < 1.29 is 14.3 Å². The minimum absolute atomic E-state index is 0.0910. The van der Waals surface area contributed by atoms with Crippen molar-refractivity contribution in [1.82, 2.24) is 5.32 Å². The van der Waals surface area contributed by atoms with Gasteiger partial charge >= 0.3 is 6.03 Å². The van der Waals surface area contributed by atoms with Crippen LogP contribution in [0.4, 0.5) is 16.2 Å². The molecule has 0 fully saturated rings. The van der Waals surface area contributed by atoms with Crippen LogP contribution in [0.15, 0.2) is 109 Å². The number of ether oxygens (including phenoxy) is 1. The number of rotatable bonds is 9. The average molecular weight is 480 g/mol. The number of nitrogens with one attached hydrogen (secondary N) is 2. The van der Waals surface area contributed by atoms with Crippen LogP contribution >= 0.6 is 0 Å². The van der Waals surface area contributed by atoms with Crippen molar-refractivity contribution in [3.05, 3.63) is 120 Å². The molecule has 4 aromatic rings. The van der Waals surface area contributed by atoms with Crippen molar-refractivity contribution in [2.75, 3.05) is 23.3 Å². The number of benzene rings is 4. The molecule has 0 radical (unpaired) electrons. The van der Waals surface area contributed by atoms with Gasteiger partial charge in [-0.05, 0) is 61.0 Å². The van der Waals surface area contributed by atoms with E-state index in [1.807, 2.05) is 116 Å². The van der Waals surface area contributed by atoms with Crippen LogP contribution in [0.3, 0.4) is 0 Å². The Balaban J connectivity index is 1.43. The van der Waals surface area contributed by atoms with E-state index in [4.69, 9.17) is 4.74 Å². The lowest BCUT2D eigenvalue weighted by Gasteiger charge is -2.24. The van der Waals surface area contributed by atoms with Crippen LogP contribution < -0.4 is 20.3 Å². The van der Waals surface area contributed by atoms with E-state index in [1.165, 1.54) is 0 Å². The Labute approximate surface area is 211 Å². The highest BCUT2D eigenvalue weighted by atomic mass is 16.5. The number of urea groups is 1. The summed E-state index contributed by atoms with van der Waals surface area (Å²) in [5.41, 5.74) is 3.45. The number of anilines is 2. The molecular formula is C30H29N3O3. The molecule has 36 heavy (non-hydrogen) atoms. The van der Waals surface area contributed by atoms with E-state index in [9.17, 15) is 9.59 Å². The topological polar surface area (TPSA) is 70.7 Å². The van der Waals surface area contributed by atoms with Crippen LogP contribution in [-0.2, 0) is 11.2 Å². The number of hydrogen-bond acceptors (Lipinski definition) is 3. The molecule has 0 spiro atoms. The molecule has 0 saturated carbocycles. The first-order valence-corrected chi connectivity index (χ1v) is 11.9.